The third kappa shape index (κ3) is 2.38. The van der Waals surface area contributed by atoms with Crippen molar-refractivity contribution in [1.82, 2.24) is 5.32 Å². The van der Waals surface area contributed by atoms with Gasteiger partial charge in [-0.15, -0.1) is 0 Å². The Hall–Kier alpha value is -2.00. The van der Waals surface area contributed by atoms with Crippen LogP contribution in [-0.4, -0.2) is 20.3 Å². The molecule has 0 amide bonds. The van der Waals surface area contributed by atoms with Crippen molar-refractivity contribution in [3.8, 4) is 11.5 Å². The van der Waals surface area contributed by atoms with Gasteiger partial charge in [0.15, 0.2) is 11.5 Å². The van der Waals surface area contributed by atoms with Gasteiger partial charge in [0.05, 0.1) is 14.2 Å². The van der Waals surface area contributed by atoms with E-state index in [1.807, 2.05) is 6.07 Å². The fraction of sp³-hybridized carbons (Fsp3) is 0.333. The van der Waals surface area contributed by atoms with Crippen LogP contribution in [-0.2, 0) is 6.54 Å². The average molecular weight is 283 g/mol. The number of methoxy groups -OCH3 is 2. The molecule has 0 bridgehead atoms. The van der Waals surface area contributed by atoms with Gasteiger partial charge in [-0.3, -0.25) is 0 Å². The zero-order valence-corrected chi connectivity index (χ0v) is 12.7. The van der Waals surface area contributed by atoms with E-state index in [2.05, 4.69) is 48.6 Å². The Bertz CT molecular complexity index is 625. The van der Waals surface area contributed by atoms with Crippen LogP contribution in [0.15, 0.2) is 42.5 Å². The summed E-state index contributed by atoms with van der Waals surface area (Å²) in [5, 5.41) is 3.58. The highest BCUT2D eigenvalue weighted by molar-refractivity contribution is 5.55. The van der Waals surface area contributed by atoms with Crippen molar-refractivity contribution < 1.29 is 9.47 Å². The van der Waals surface area contributed by atoms with Crippen LogP contribution in [0.3, 0.4) is 0 Å². The maximum Gasteiger partial charge on any atom is 0.165 e. The van der Waals surface area contributed by atoms with Crippen LogP contribution in [0.4, 0.5) is 0 Å². The summed E-state index contributed by atoms with van der Waals surface area (Å²) in [6, 6.07) is 15.2. The van der Waals surface area contributed by atoms with Gasteiger partial charge in [-0.25, -0.2) is 0 Å². The molecular weight excluding hydrogens is 262 g/mol. The van der Waals surface area contributed by atoms with Crippen molar-refractivity contribution in [2.75, 3.05) is 14.2 Å². The predicted octanol–water partition coefficient (Wildman–Crippen LogP) is 3.33. The smallest absolute Gasteiger partial charge is 0.165 e. The number of hydrogen-bond donors (Lipinski definition) is 1. The molecule has 2 aromatic carbocycles. The molecule has 0 saturated carbocycles. The minimum absolute atomic E-state index is 0.328. The average Bonchev–Trinajstić information content (AvgIpc) is 2.54. The van der Waals surface area contributed by atoms with Crippen molar-refractivity contribution in [2.45, 2.75) is 25.4 Å². The van der Waals surface area contributed by atoms with Gasteiger partial charge in [-0.1, -0.05) is 36.4 Å². The van der Waals surface area contributed by atoms with Crippen LogP contribution in [0.5, 0.6) is 11.5 Å². The van der Waals surface area contributed by atoms with Gasteiger partial charge in [-0.2, -0.15) is 0 Å². The third-order valence-corrected chi connectivity index (χ3v) is 4.28. The fourth-order valence-corrected chi connectivity index (χ4v) is 3.26. The summed E-state index contributed by atoms with van der Waals surface area (Å²) in [6.45, 7) is 3.04. The van der Waals surface area contributed by atoms with Crippen LogP contribution >= 0.6 is 0 Å². The van der Waals surface area contributed by atoms with Gasteiger partial charge < -0.3 is 14.8 Å². The van der Waals surface area contributed by atoms with Gasteiger partial charge in [0.2, 0.25) is 0 Å². The van der Waals surface area contributed by atoms with Gasteiger partial charge in [0.25, 0.3) is 0 Å². The highest BCUT2D eigenvalue weighted by atomic mass is 16.5. The van der Waals surface area contributed by atoms with Crippen molar-refractivity contribution >= 4 is 0 Å². The molecule has 3 heteroatoms. The summed E-state index contributed by atoms with van der Waals surface area (Å²) < 4.78 is 11.0. The summed E-state index contributed by atoms with van der Waals surface area (Å²) in [5.41, 5.74) is 3.85. The molecule has 110 valence electrons. The molecule has 3 nitrogen and oxygen atoms in total. The molecule has 1 aliphatic heterocycles. The summed E-state index contributed by atoms with van der Waals surface area (Å²) in [7, 11) is 3.38. The molecule has 0 aliphatic carbocycles. The molecule has 0 fully saturated rings. The standard InChI is InChI=1S/C18H21NO2/c1-12-17(13-7-5-4-6-8-13)14-9-10-16(20-2)18(21-3)15(14)11-19-12/h4-10,12,17,19H,11H2,1-3H3. The van der Waals surface area contributed by atoms with E-state index in [0.717, 1.165) is 18.0 Å². The number of ether oxygens (including phenoxy) is 2. The van der Waals surface area contributed by atoms with Gasteiger partial charge in [0, 0.05) is 24.1 Å². The van der Waals surface area contributed by atoms with Crippen LogP contribution in [0.2, 0.25) is 0 Å². The van der Waals surface area contributed by atoms with E-state index in [-0.39, 0.29) is 0 Å². The van der Waals surface area contributed by atoms with Crippen molar-refractivity contribution in [3.63, 3.8) is 0 Å². The van der Waals surface area contributed by atoms with E-state index >= 15 is 0 Å². The SMILES string of the molecule is COc1ccc2c(c1OC)CNC(C)C2c1ccccc1. The van der Waals surface area contributed by atoms with Gasteiger partial charge in [-0.05, 0) is 24.1 Å². The molecule has 2 aromatic rings. The fourth-order valence-electron chi connectivity index (χ4n) is 3.26. The Labute approximate surface area is 125 Å². The van der Waals surface area contributed by atoms with Crippen LogP contribution in [0, 0.1) is 0 Å². The first-order valence-electron chi connectivity index (χ1n) is 7.28. The molecule has 0 spiro atoms. The van der Waals surface area contributed by atoms with E-state index in [1.54, 1.807) is 14.2 Å². The first kappa shape index (κ1) is 14.0. The maximum absolute atomic E-state index is 5.59. The second kappa shape index (κ2) is 5.78. The topological polar surface area (TPSA) is 30.5 Å². The molecule has 1 heterocycles. The lowest BCUT2D eigenvalue weighted by atomic mass is 9.80. The van der Waals surface area contributed by atoms with Crippen molar-refractivity contribution in [1.29, 1.82) is 0 Å². The molecule has 0 saturated heterocycles. The van der Waals surface area contributed by atoms with Gasteiger partial charge in [0.1, 0.15) is 0 Å². The lowest BCUT2D eigenvalue weighted by Crippen LogP contribution is -2.37. The van der Waals surface area contributed by atoms with E-state index in [0.29, 0.717) is 12.0 Å². The molecule has 2 atom stereocenters. The third-order valence-electron chi connectivity index (χ3n) is 4.28. The van der Waals surface area contributed by atoms with Crippen LogP contribution < -0.4 is 14.8 Å². The number of fused-ring (bicyclic) bond motifs is 1. The van der Waals surface area contributed by atoms with Crippen LogP contribution in [0.1, 0.15) is 29.5 Å². The summed E-state index contributed by atoms with van der Waals surface area (Å²) >= 11 is 0. The highest BCUT2D eigenvalue weighted by Crippen LogP contribution is 2.41. The number of benzene rings is 2. The minimum Gasteiger partial charge on any atom is -0.493 e. The molecule has 0 aromatic heterocycles. The lowest BCUT2D eigenvalue weighted by molar-refractivity contribution is 0.344. The Kier molecular flexibility index (Phi) is 3.84. The van der Waals surface area contributed by atoms with E-state index in [1.165, 1.54) is 16.7 Å². The quantitative estimate of drug-likeness (QED) is 0.937. The van der Waals surface area contributed by atoms with Crippen LogP contribution in [0.25, 0.3) is 0 Å². The van der Waals surface area contributed by atoms with E-state index < -0.39 is 0 Å². The van der Waals surface area contributed by atoms with Crippen molar-refractivity contribution in [2.24, 2.45) is 0 Å². The Morgan fingerprint density at radius 1 is 1.00 bits per heavy atom. The zero-order chi connectivity index (χ0) is 14.8. The number of hydrogen-bond acceptors (Lipinski definition) is 3. The predicted molar refractivity (Wildman–Crippen MR) is 84.1 cm³/mol. The van der Waals surface area contributed by atoms with E-state index in [4.69, 9.17) is 9.47 Å². The lowest BCUT2D eigenvalue weighted by Gasteiger charge is -2.34. The number of rotatable bonds is 3. The molecule has 3 rings (SSSR count). The first-order chi connectivity index (χ1) is 10.3. The number of nitrogens with one attached hydrogen (secondary N) is 1. The monoisotopic (exact) mass is 283 g/mol. The van der Waals surface area contributed by atoms with Crippen molar-refractivity contribution in [3.05, 3.63) is 59.2 Å². The second-order valence-corrected chi connectivity index (χ2v) is 5.43. The summed E-state index contributed by atoms with van der Waals surface area (Å²) in [4.78, 5) is 0. The second-order valence-electron chi connectivity index (χ2n) is 5.43. The van der Waals surface area contributed by atoms with Gasteiger partial charge >= 0.3 is 0 Å². The highest BCUT2D eigenvalue weighted by Gasteiger charge is 2.30. The molecule has 21 heavy (non-hydrogen) atoms. The Morgan fingerprint density at radius 3 is 2.43 bits per heavy atom. The maximum atomic E-state index is 5.59. The Morgan fingerprint density at radius 2 is 1.76 bits per heavy atom. The molecule has 2 unspecified atom stereocenters. The Balaban J connectivity index is 2.14. The molecule has 1 N–H and O–H groups in total. The first-order valence-corrected chi connectivity index (χ1v) is 7.28. The normalized spacial score (nSPS) is 20.7. The molecule has 0 radical (unpaired) electrons. The summed E-state index contributed by atoms with van der Waals surface area (Å²) in [6.07, 6.45) is 0. The molecule has 1 aliphatic rings. The zero-order valence-electron chi connectivity index (χ0n) is 12.7. The molecular formula is C18H21NO2. The summed E-state index contributed by atoms with van der Waals surface area (Å²) in [5.74, 6) is 1.96. The largest absolute Gasteiger partial charge is 0.493 e. The van der Waals surface area contributed by atoms with E-state index in [9.17, 15) is 0 Å². The minimum atomic E-state index is 0.328.